The zero-order valence-electron chi connectivity index (χ0n) is 15.7. The van der Waals surface area contributed by atoms with Gasteiger partial charge in [-0.25, -0.2) is 0 Å². The van der Waals surface area contributed by atoms with Crippen LogP contribution >= 0.6 is 0 Å². The summed E-state index contributed by atoms with van der Waals surface area (Å²) in [6, 6.07) is 6.94. The third kappa shape index (κ3) is 2.60. The number of carbonyl (C=O) groups excluding carboxylic acids is 1. The summed E-state index contributed by atoms with van der Waals surface area (Å²) in [5.74, 6) is 0.105. The molecular weight excluding hydrogens is 310 g/mol. The lowest BCUT2D eigenvalue weighted by atomic mass is 9.80. The maximum absolute atomic E-state index is 12.4. The number of rotatable bonds is 1. The van der Waals surface area contributed by atoms with Crippen LogP contribution < -0.4 is 5.32 Å². The molecule has 2 N–H and O–H groups in total. The first-order valence-corrected chi connectivity index (χ1v) is 9.09. The minimum Gasteiger partial charge on any atom is -0.358 e. The molecule has 0 saturated heterocycles. The van der Waals surface area contributed by atoms with E-state index in [1.807, 2.05) is 20.8 Å². The zero-order chi connectivity index (χ0) is 17.9. The van der Waals surface area contributed by atoms with Crippen molar-refractivity contribution >= 4 is 22.4 Å². The molecule has 0 unspecified atom stereocenters. The van der Waals surface area contributed by atoms with Gasteiger partial charge in [-0.2, -0.15) is 0 Å². The molecule has 0 spiro atoms. The first kappa shape index (κ1) is 16.4. The van der Waals surface area contributed by atoms with Crippen molar-refractivity contribution in [2.24, 2.45) is 5.41 Å². The van der Waals surface area contributed by atoms with Crippen molar-refractivity contribution in [3.63, 3.8) is 0 Å². The topological polar surface area (TPSA) is 48.1 Å². The molecule has 0 radical (unpaired) electrons. The molecular formula is C21H27N3O. The summed E-state index contributed by atoms with van der Waals surface area (Å²) in [6.45, 7) is 8.90. The highest BCUT2D eigenvalue weighted by atomic mass is 16.2. The lowest BCUT2D eigenvalue weighted by Gasteiger charge is -2.40. The number of aromatic nitrogens is 1. The van der Waals surface area contributed by atoms with Crippen LogP contribution in [0.5, 0.6) is 0 Å². The van der Waals surface area contributed by atoms with E-state index < -0.39 is 0 Å². The monoisotopic (exact) mass is 337 g/mol. The lowest BCUT2D eigenvalue weighted by molar-refractivity contribution is -0.129. The summed E-state index contributed by atoms with van der Waals surface area (Å²) >= 11 is 0. The van der Waals surface area contributed by atoms with Crippen molar-refractivity contribution in [1.29, 1.82) is 0 Å². The molecule has 0 saturated carbocycles. The molecule has 2 atom stereocenters. The average molecular weight is 337 g/mol. The van der Waals surface area contributed by atoms with E-state index in [0.717, 1.165) is 13.0 Å². The third-order valence-electron chi connectivity index (χ3n) is 5.60. The number of carbonyl (C=O) groups is 1. The Kier molecular flexibility index (Phi) is 3.58. The standard InChI is InChI=1S/C21H27N3O/c1-12-15-10-18-16(14-7-6-8-17(22-12)19(14)15)9-13(11-24(18)5)23-20(25)21(2,3)4/h6-9,13,18,22H,10-11H2,1-5H3,(H,23,25)/t13-,18+/m0/s1. The van der Waals surface area contributed by atoms with Gasteiger partial charge in [0.2, 0.25) is 5.91 Å². The molecule has 0 fully saturated rings. The van der Waals surface area contributed by atoms with Crippen LogP contribution in [-0.2, 0) is 11.2 Å². The fourth-order valence-electron chi connectivity index (χ4n) is 4.20. The molecule has 0 bridgehead atoms. The number of aryl methyl sites for hydroxylation is 1. The Morgan fingerprint density at radius 2 is 2.08 bits per heavy atom. The van der Waals surface area contributed by atoms with Crippen LogP contribution in [-0.4, -0.2) is 41.5 Å². The molecule has 1 aromatic carbocycles. The maximum Gasteiger partial charge on any atom is 0.225 e. The van der Waals surface area contributed by atoms with Crippen molar-refractivity contribution in [1.82, 2.24) is 15.2 Å². The predicted molar refractivity (Wildman–Crippen MR) is 103 cm³/mol. The van der Waals surface area contributed by atoms with Gasteiger partial charge in [-0.1, -0.05) is 39.0 Å². The number of nitrogens with one attached hydrogen (secondary N) is 2. The molecule has 1 aliphatic heterocycles. The Balaban J connectivity index is 1.78. The number of nitrogens with zero attached hydrogens (tertiary/aromatic N) is 1. The van der Waals surface area contributed by atoms with Crippen molar-refractivity contribution in [2.45, 2.75) is 46.2 Å². The smallest absolute Gasteiger partial charge is 0.225 e. The van der Waals surface area contributed by atoms with E-state index in [4.69, 9.17) is 0 Å². The maximum atomic E-state index is 12.4. The number of H-pyrrole nitrogens is 1. The van der Waals surface area contributed by atoms with Crippen molar-refractivity contribution < 1.29 is 4.79 Å². The first-order valence-electron chi connectivity index (χ1n) is 9.09. The van der Waals surface area contributed by atoms with Gasteiger partial charge < -0.3 is 10.3 Å². The van der Waals surface area contributed by atoms with E-state index >= 15 is 0 Å². The Hall–Kier alpha value is -2.07. The highest BCUT2D eigenvalue weighted by Gasteiger charge is 2.35. The van der Waals surface area contributed by atoms with Gasteiger partial charge in [0.1, 0.15) is 0 Å². The second-order valence-corrected chi connectivity index (χ2v) is 8.57. The highest BCUT2D eigenvalue weighted by Crippen LogP contribution is 2.41. The molecule has 25 heavy (non-hydrogen) atoms. The quantitative estimate of drug-likeness (QED) is 0.839. The minimum absolute atomic E-state index is 0.0554. The number of benzene rings is 1. The second kappa shape index (κ2) is 5.46. The lowest BCUT2D eigenvalue weighted by Crippen LogP contribution is -2.52. The van der Waals surface area contributed by atoms with Crippen LogP contribution in [0.15, 0.2) is 24.3 Å². The predicted octanol–water partition coefficient (Wildman–Crippen LogP) is 3.26. The fourth-order valence-corrected chi connectivity index (χ4v) is 4.20. The number of hydrogen-bond donors (Lipinski definition) is 2. The Morgan fingerprint density at radius 1 is 1.32 bits per heavy atom. The molecule has 4 rings (SSSR count). The Bertz CT molecular complexity index is 884. The zero-order valence-corrected chi connectivity index (χ0v) is 15.7. The SMILES string of the molecule is Cc1[nH]c2cccc3c2c1C[C@@H]1C3=C[C@H](NC(=O)C(C)(C)C)CN1C. The highest BCUT2D eigenvalue weighted by molar-refractivity contribution is 5.99. The summed E-state index contributed by atoms with van der Waals surface area (Å²) in [7, 11) is 2.17. The van der Waals surface area contributed by atoms with E-state index in [0.29, 0.717) is 6.04 Å². The van der Waals surface area contributed by atoms with Gasteiger partial charge in [0.15, 0.2) is 0 Å². The largest absolute Gasteiger partial charge is 0.358 e. The van der Waals surface area contributed by atoms with Gasteiger partial charge in [-0.05, 0) is 43.2 Å². The summed E-state index contributed by atoms with van der Waals surface area (Å²) in [5.41, 5.74) is 6.23. The van der Waals surface area contributed by atoms with Crippen molar-refractivity contribution in [2.75, 3.05) is 13.6 Å². The van der Waals surface area contributed by atoms with E-state index in [2.05, 4.69) is 53.4 Å². The summed E-state index contributed by atoms with van der Waals surface area (Å²) in [4.78, 5) is 18.3. The first-order chi connectivity index (χ1) is 11.8. The normalized spacial score (nSPS) is 23.3. The second-order valence-electron chi connectivity index (χ2n) is 8.57. The molecule has 1 amide bonds. The van der Waals surface area contributed by atoms with Gasteiger partial charge in [0.05, 0.1) is 6.04 Å². The van der Waals surface area contributed by atoms with Crippen LogP contribution in [0.1, 0.15) is 37.6 Å². The Morgan fingerprint density at radius 3 is 2.80 bits per heavy atom. The summed E-state index contributed by atoms with van der Waals surface area (Å²) in [5, 5.41) is 4.58. The molecule has 2 heterocycles. The number of fused-ring (bicyclic) bond motifs is 2. The van der Waals surface area contributed by atoms with Crippen LogP contribution in [0.3, 0.4) is 0 Å². The number of aromatic amines is 1. The van der Waals surface area contributed by atoms with Gasteiger partial charge in [-0.15, -0.1) is 0 Å². The van der Waals surface area contributed by atoms with Crippen molar-refractivity contribution in [3.05, 3.63) is 41.1 Å². The number of likely N-dealkylation sites (N-methyl/N-ethyl adjacent to an activating group) is 1. The molecule has 2 aliphatic rings. The number of hydrogen-bond acceptors (Lipinski definition) is 2. The van der Waals surface area contributed by atoms with E-state index in [-0.39, 0.29) is 17.4 Å². The van der Waals surface area contributed by atoms with Crippen LogP contribution in [0.2, 0.25) is 0 Å². The van der Waals surface area contributed by atoms with Gasteiger partial charge >= 0.3 is 0 Å². The Labute approximate surface area is 149 Å². The fraction of sp³-hybridized carbons (Fsp3) is 0.476. The van der Waals surface area contributed by atoms with E-state index in [1.165, 1.54) is 33.3 Å². The summed E-state index contributed by atoms with van der Waals surface area (Å²) < 4.78 is 0. The van der Waals surface area contributed by atoms with Crippen LogP contribution in [0.25, 0.3) is 16.5 Å². The van der Waals surface area contributed by atoms with Gasteiger partial charge in [0, 0.05) is 34.6 Å². The molecule has 1 aromatic heterocycles. The third-order valence-corrected chi connectivity index (χ3v) is 5.60. The van der Waals surface area contributed by atoms with Crippen LogP contribution in [0.4, 0.5) is 0 Å². The van der Waals surface area contributed by atoms with E-state index in [1.54, 1.807) is 0 Å². The minimum atomic E-state index is -0.370. The molecule has 4 nitrogen and oxygen atoms in total. The van der Waals surface area contributed by atoms with Crippen molar-refractivity contribution in [3.8, 4) is 0 Å². The van der Waals surface area contributed by atoms with Gasteiger partial charge in [0.25, 0.3) is 0 Å². The summed E-state index contributed by atoms with van der Waals surface area (Å²) in [6.07, 6.45) is 3.32. The van der Waals surface area contributed by atoms with E-state index in [9.17, 15) is 4.79 Å². The molecule has 2 aromatic rings. The number of amides is 1. The average Bonchev–Trinajstić information content (AvgIpc) is 2.85. The molecule has 1 aliphatic carbocycles. The molecule has 4 heteroatoms. The van der Waals surface area contributed by atoms with Crippen LogP contribution in [0, 0.1) is 12.3 Å². The van der Waals surface area contributed by atoms with Gasteiger partial charge in [-0.3, -0.25) is 9.69 Å². The molecule has 132 valence electrons.